The van der Waals surface area contributed by atoms with E-state index in [-0.39, 0.29) is 17.7 Å². The van der Waals surface area contributed by atoms with Crippen molar-refractivity contribution >= 4 is 35.0 Å². The van der Waals surface area contributed by atoms with Gasteiger partial charge in [0.05, 0.1) is 7.11 Å². The molecule has 176 valence electrons. The Morgan fingerprint density at radius 3 is 2.15 bits per heavy atom. The number of carbonyl (C=O) groups is 2. The smallest absolute Gasteiger partial charge is 0.412 e. The maximum Gasteiger partial charge on any atom is 0.412 e. The Bertz CT molecular complexity index is 1080. The molecule has 0 bridgehead atoms. The topological polar surface area (TPSA) is 76.7 Å². The quantitative estimate of drug-likeness (QED) is 0.492. The Balaban J connectivity index is 2.03. The predicted octanol–water partition coefficient (Wildman–Crippen LogP) is 6.78. The van der Waals surface area contributed by atoms with E-state index in [1.165, 1.54) is 0 Å². The average molecular weight is 451 g/mol. The molecule has 0 fully saturated rings. The fourth-order valence-electron chi connectivity index (χ4n) is 3.87. The molecule has 0 saturated carbocycles. The first-order chi connectivity index (χ1) is 15.4. The van der Waals surface area contributed by atoms with Crippen LogP contribution < -0.4 is 15.4 Å². The van der Waals surface area contributed by atoms with E-state index >= 15 is 0 Å². The fraction of sp³-hybridized carbons (Fsp3) is 0.407. The van der Waals surface area contributed by atoms with Crippen LogP contribution in [0.4, 0.5) is 16.2 Å². The molecule has 0 spiro atoms. The van der Waals surface area contributed by atoms with E-state index in [4.69, 9.17) is 9.47 Å². The summed E-state index contributed by atoms with van der Waals surface area (Å²) < 4.78 is 11.1. The molecule has 0 saturated heterocycles. The van der Waals surface area contributed by atoms with Crippen LogP contribution in [-0.2, 0) is 9.53 Å². The first-order valence-corrected chi connectivity index (χ1v) is 11.3. The van der Waals surface area contributed by atoms with E-state index in [1.54, 1.807) is 25.3 Å². The van der Waals surface area contributed by atoms with Crippen LogP contribution in [0, 0.1) is 0 Å². The van der Waals surface area contributed by atoms with Gasteiger partial charge in [-0.15, -0.1) is 0 Å². The summed E-state index contributed by atoms with van der Waals surface area (Å²) in [6, 6.07) is 9.48. The van der Waals surface area contributed by atoms with Crippen LogP contribution in [0.1, 0.15) is 82.6 Å². The summed E-state index contributed by atoms with van der Waals surface area (Å²) in [6.45, 7) is 13.9. The Hall–Kier alpha value is -3.28. The van der Waals surface area contributed by atoms with Gasteiger partial charge in [-0.05, 0) is 85.7 Å². The summed E-state index contributed by atoms with van der Waals surface area (Å²) in [4.78, 5) is 25.0. The first kappa shape index (κ1) is 24.4. The molecule has 2 amide bonds. The third kappa shape index (κ3) is 5.56. The van der Waals surface area contributed by atoms with Gasteiger partial charge >= 0.3 is 6.09 Å². The van der Waals surface area contributed by atoms with Gasteiger partial charge in [0.25, 0.3) is 5.91 Å². The molecule has 2 N–H and O–H groups in total. The zero-order valence-corrected chi connectivity index (χ0v) is 20.8. The van der Waals surface area contributed by atoms with Crippen molar-refractivity contribution in [1.29, 1.82) is 0 Å². The number of anilines is 2. The zero-order valence-electron chi connectivity index (χ0n) is 20.8. The van der Waals surface area contributed by atoms with Gasteiger partial charge < -0.3 is 14.8 Å². The Morgan fingerprint density at radius 2 is 1.64 bits per heavy atom. The largest absolute Gasteiger partial charge is 0.496 e. The van der Waals surface area contributed by atoms with E-state index in [9.17, 15) is 9.59 Å². The van der Waals surface area contributed by atoms with E-state index in [0.717, 1.165) is 28.0 Å². The molecule has 6 heteroatoms. The lowest BCUT2D eigenvalue weighted by atomic mass is 9.90. The summed E-state index contributed by atoms with van der Waals surface area (Å²) in [5, 5.41) is 5.65. The minimum atomic E-state index is -0.597. The summed E-state index contributed by atoms with van der Waals surface area (Å²) in [5.41, 5.74) is 5.11. The van der Waals surface area contributed by atoms with E-state index in [1.807, 2.05) is 26.8 Å². The lowest BCUT2D eigenvalue weighted by Gasteiger charge is -2.20. The molecule has 0 atom stereocenters. The second-order valence-corrected chi connectivity index (χ2v) is 9.94. The number of ether oxygens (including phenoxy) is 2. The van der Waals surface area contributed by atoms with Crippen LogP contribution in [0.2, 0.25) is 0 Å². The summed E-state index contributed by atoms with van der Waals surface area (Å²) in [6.07, 6.45) is 1.36. The number of nitrogens with one attached hydrogen (secondary N) is 2. The minimum absolute atomic E-state index is 0.174. The molecular weight excluding hydrogens is 416 g/mol. The minimum Gasteiger partial charge on any atom is -0.496 e. The lowest BCUT2D eigenvalue weighted by Crippen LogP contribution is -2.27. The maximum absolute atomic E-state index is 12.8. The van der Waals surface area contributed by atoms with Crippen molar-refractivity contribution in [3.05, 3.63) is 52.6 Å². The monoisotopic (exact) mass is 450 g/mol. The summed E-state index contributed by atoms with van der Waals surface area (Å²) in [7, 11) is 1.70. The van der Waals surface area contributed by atoms with Crippen LogP contribution in [0.25, 0.3) is 11.6 Å². The highest BCUT2D eigenvalue weighted by atomic mass is 16.6. The lowest BCUT2D eigenvalue weighted by molar-refractivity contribution is -0.110. The van der Waals surface area contributed by atoms with Gasteiger partial charge in [0, 0.05) is 22.5 Å². The number of hydrogen-bond acceptors (Lipinski definition) is 4. The molecule has 0 unspecified atom stereocenters. The van der Waals surface area contributed by atoms with Gasteiger partial charge in [0.15, 0.2) is 0 Å². The normalized spacial score (nSPS) is 14.5. The molecule has 33 heavy (non-hydrogen) atoms. The Labute approximate surface area is 196 Å². The van der Waals surface area contributed by atoms with E-state index in [2.05, 4.69) is 50.5 Å². The van der Waals surface area contributed by atoms with Gasteiger partial charge in [0.1, 0.15) is 11.4 Å². The standard InChI is InChI=1S/C27H34N2O4/c1-15(2)19-11-17(12-20(16(3)4)24(19)32-8)13-22-21-14-18(9-10-23(21)29-25(22)30)28-26(31)33-27(5,6)7/h9-16H,1-8H3,(H,28,31)(H,29,30). The number of fused-ring (bicyclic) bond motifs is 1. The fourth-order valence-corrected chi connectivity index (χ4v) is 3.87. The van der Waals surface area contributed by atoms with Crippen molar-refractivity contribution in [1.82, 2.24) is 0 Å². The molecule has 0 radical (unpaired) electrons. The third-order valence-corrected chi connectivity index (χ3v) is 5.38. The SMILES string of the molecule is COc1c(C(C)C)cc(C=C2C(=O)Nc3ccc(NC(=O)OC(C)(C)C)cc32)cc1C(C)C. The van der Waals surface area contributed by atoms with Crippen LogP contribution in [0.5, 0.6) is 5.75 Å². The van der Waals surface area contributed by atoms with Gasteiger partial charge in [-0.2, -0.15) is 0 Å². The van der Waals surface area contributed by atoms with E-state index in [0.29, 0.717) is 16.9 Å². The molecule has 1 heterocycles. The molecule has 2 aromatic carbocycles. The van der Waals surface area contributed by atoms with Crippen molar-refractivity contribution in [2.45, 2.75) is 65.9 Å². The van der Waals surface area contributed by atoms with Crippen molar-refractivity contribution in [2.24, 2.45) is 0 Å². The highest BCUT2D eigenvalue weighted by Gasteiger charge is 2.26. The molecule has 0 aliphatic carbocycles. The van der Waals surface area contributed by atoms with Crippen molar-refractivity contribution in [3.8, 4) is 5.75 Å². The third-order valence-electron chi connectivity index (χ3n) is 5.38. The van der Waals surface area contributed by atoms with Crippen molar-refractivity contribution < 1.29 is 19.1 Å². The second-order valence-electron chi connectivity index (χ2n) is 9.94. The van der Waals surface area contributed by atoms with Gasteiger partial charge in [-0.1, -0.05) is 27.7 Å². The molecule has 1 aliphatic heterocycles. The number of carbonyl (C=O) groups excluding carboxylic acids is 2. The first-order valence-electron chi connectivity index (χ1n) is 11.3. The Kier molecular flexibility index (Phi) is 6.86. The highest BCUT2D eigenvalue weighted by molar-refractivity contribution is 6.35. The zero-order chi connectivity index (χ0) is 24.5. The van der Waals surface area contributed by atoms with Crippen LogP contribution in [0.15, 0.2) is 30.3 Å². The number of hydrogen-bond donors (Lipinski definition) is 2. The molecule has 2 aromatic rings. The molecule has 6 nitrogen and oxygen atoms in total. The number of benzene rings is 2. The van der Waals surface area contributed by atoms with Gasteiger partial charge in [0.2, 0.25) is 0 Å². The van der Waals surface area contributed by atoms with Crippen molar-refractivity contribution in [3.63, 3.8) is 0 Å². The molecule has 0 aromatic heterocycles. The second kappa shape index (κ2) is 9.30. The molecule has 1 aliphatic rings. The number of amides is 2. The molecule has 3 rings (SSSR count). The summed E-state index contributed by atoms with van der Waals surface area (Å²) in [5.74, 6) is 1.27. The Morgan fingerprint density at radius 1 is 1.03 bits per heavy atom. The number of methoxy groups -OCH3 is 1. The van der Waals surface area contributed by atoms with Crippen LogP contribution in [0.3, 0.4) is 0 Å². The average Bonchev–Trinajstić information content (AvgIpc) is 3.00. The maximum atomic E-state index is 12.8. The molecular formula is C27H34N2O4. The summed E-state index contributed by atoms with van der Waals surface area (Å²) >= 11 is 0. The van der Waals surface area contributed by atoms with Crippen LogP contribution >= 0.6 is 0 Å². The van der Waals surface area contributed by atoms with Gasteiger partial charge in [-0.25, -0.2) is 4.79 Å². The van der Waals surface area contributed by atoms with Crippen molar-refractivity contribution in [2.75, 3.05) is 17.7 Å². The predicted molar refractivity (Wildman–Crippen MR) is 134 cm³/mol. The van der Waals surface area contributed by atoms with E-state index < -0.39 is 11.7 Å². The van der Waals surface area contributed by atoms with Crippen LogP contribution in [-0.4, -0.2) is 24.7 Å². The van der Waals surface area contributed by atoms with Gasteiger partial charge in [-0.3, -0.25) is 10.1 Å². The number of rotatable bonds is 5. The highest BCUT2D eigenvalue weighted by Crippen LogP contribution is 2.39.